The highest BCUT2D eigenvalue weighted by atomic mass is 32.2. The molecule has 0 spiro atoms. The molecule has 0 fully saturated rings. The van der Waals surface area contributed by atoms with Crippen LogP contribution in [0.3, 0.4) is 0 Å². The van der Waals surface area contributed by atoms with Crippen molar-refractivity contribution in [2.75, 3.05) is 0 Å². The van der Waals surface area contributed by atoms with E-state index in [4.69, 9.17) is 5.73 Å². The molecule has 1 aromatic carbocycles. The van der Waals surface area contributed by atoms with Gasteiger partial charge in [0.05, 0.1) is 0 Å². The van der Waals surface area contributed by atoms with Gasteiger partial charge in [0.25, 0.3) is 0 Å². The fraction of sp³-hybridized carbons (Fsp3) is 0.154. The maximum absolute atomic E-state index is 13.0. The van der Waals surface area contributed by atoms with Gasteiger partial charge in [0.1, 0.15) is 10.8 Å². The normalized spacial score (nSPS) is 12.4. The van der Waals surface area contributed by atoms with E-state index in [1.165, 1.54) is 23.9 Å². The summed E-state index contributed by atoms with van der Waals surface area (Å²) in [7, 11) is 0. The van der Waals surface area contributed by atoms with Crippen LogP contribution < -0.4 is 5.73 Å². The Hall–Kier alpha value is -1.39. The van der Waals surface area contributed by atoms with E-state index in [1.54, 1.807) is 12.3 Å². The summed E-state index contributed by atoms with van der Waals surface area (Å²) in [5, 5.41) is 0.824. The number of nitrogens with zero attached hydrogens (tertiary/aromatic N) is 1. The summed E-state index contributed by atoms with van der Waals surface area (Å²) in [6.45, 7) is 1.92. The number of rotatable bonds is 3. The third-order valence-corrected chi connectivity index (χ3v) is 3.23. The van der Waals surface area contributed by atoms with E-state index in [0.717, 1.165) is 15.5 Å². The maximum Gasteiger partial charge on any atom is 0.124 e. The van der Waals surface area contributed by atoms with Crippen LogP contribution >= 0.6 is 11.8 Å². The third-order valence-electron chi connectivity index (χ3n) is 2.30. The van der Waals surface area contributed by atoms with Crippen molar-refractivity contribution in [1.29, 1.82) is 0 Å². The van der Waals surface area contributed by atoms with Crippen LogP contribution in [0.25, 0.3) is 0 Å². The SMILES string of the molecule is C[C@@H](N)c1ccnc(Sc2cccc(F)c2)c1. The molecule has 2 aromatic rings. The largest absolute Gasteiger partial charge is 0.324 e. The molecule has 88 valence electrons. The number of benzene rings is 1. The number of aromatic nitrogens is 1. The second-order valence-corrected chi connectivity index (χ2v) is 4.87. The van der Waals surface area contributed by atoms with Gasteiger partial charge in [-0.05, 0) is 42.8 Å². The predicted molar refractivity (Wildman–Crippen MR) is 67.4 cm³/mol. The summed E-state index contributed by atoms with van der Waals surface area (Å²) in [5.41, 5.74) is 6.83. The lowest BCUT2D eigenvalue weighted by Crippen LogP contribution is -2.04. The van der Waals surface area contributed by atoms with Gasteiger partial charge in [-0.25, -0.2) is 9.37 Å². The van der Waals surface area contributed by atoms with E-state index in [9.17, 15) is 4.39 Å². The van der Waals surface area contributed by atoms with Crippen LogP contribution in [0.4, 0.5) is 4.39 Å². The summed E-state index contributed by atoms with van der Waals surface area (Å²) < 4.78 is 13.0. The molecule has 4 heteroatoms. The minimum Gasteiger partial charge on any atom is -0.324 e. The summed E-state index contributed by atoms with van der Waals surface area (Å²) in [4.78, 5) is 5.06. The first kappa shape index (κ1) is 12.1. The number of nitrogens with two attached hydrogens (primary N) is 1. The van der Waals surface area contributed by atoms with Crippen molar-refractivity contribution < 1.29 is 4.39 Å². The Labute approximate surface area is 104 Å². The van der Waals surface area contributed by atoms with Crippen molar-refractivity contribution in [3.8, 4) is 0 Å². The van der Waals surface area contributed by atoms with Gasteiger partial charge in [-0.3, -0.25) is 0 Å². The number of halogens is 1. The fourth-order valence-corrected chi connectivity index (χ4v) is 2.28. The Balaban J connectivity index is 2.21. The number of pyridine rings is 1. The second-order valence-electron chi connectivity index (χ2n) is 3.78. The molecule has 0 saturated heterocycles. The van der Waals surface area contributed by atoms with Gasteiger partial charge in [0.2, 0.25) is 0 Å². The molecule has 0 amide bonds. The van der Waals surface area contributed by atoms with Gasteiger partial charge in [-0.2, -0.15) is 0 Å². The summed E-state index contributed by atoms with van der Waals surface area (Å²) >= 11 is 1.43. The summed E-state index contributed by atoms with van der Waals surface area (Å²) in [6, 6.07) is 10.3. The van der Waals surface area contributed by atoms with Crippen LogP contribution in [-0.2, 0) is 0 Å². The molecule has 1 atom stereocenters. The van der Waals surface area contributed by atoms with Gasteiger partial charge in [0.15, 0.2) is 0 Å². The van der Waals surface area contributed by atoms with E-state index >= 15 is 0 Å². The Morgan fingerprint density at radius 2 is 2.12 bits per heavy atom. The van der Waals surface area contributed by atoms with Crippen molar-refractivity contribution in [1.82, 2.24) is 4.98 Å². The number of hydrogen-bond acceptors (Lipinski definition) is 3. The first-order valence-electron chi connectivity index (χ1n) is 5.30. The highest BCUT2D eigenvalue weighted by Gasteiger charge is 2.04. The smallest absolute Gasteiger partial charge is 0.124 e. The molecule has 2 nitrogen and oxygen atoms in total. The Morgan fingerprint density at radius 3 is 2.82 bits per heavy atom. The molecule has 0 saturated carbocycles. The van der Waals surface area contributed by atoms with Gasteiger partial charge >= 0.3 is 0 Å². The van der Waals surface area contributed by atoms with Gasteiger partial charge in [-0.15, -0.1) is 0 Å². The highest BCUT2D eigenvalue weighted by molar-refractivity contribution is 7.99. The van der Waals surface area contributed by atoms with Crippen LogP contribution in [0.1, 0.15) is 18.5 Å². The Morgan fingerprint density at radius 1 is 1.29 bits per heavy atom. The Bertz CT molecular complexity index is 514. The van der Waals surface area contributed by atoms with Crippen molar-refractivity contribution >= 4 is 11.8 Å². The van der Waals surface area contributed by atoms with Crippen LogP contribution in [0.5, 0.6) is 0 Å². The first-order valence-corrected chi connectivity index (χ1v) is 6.12. The van der Waals surface area contributed by atoms with Crippen molar-refractivity contribution in [2.24, 2.45) is 5.73 Å². The van der Waals surface area contributed by atoms with E-state index in [0.29, 0.717) is 0 Å². The average Bonchev–Trinajstić information content (AvgIpc) is 2.29. The monoisotopic (exact) mass is 248 g/mol. The first-order chi connectivity index (χ1) is 8.15. The van der Waals surface area contributed by atoms with E-state index in [-0.39, 0.29) is 11.9 Å². The van der Waals surface area contributed by atoms with Crippen LogP contribution in [0.2, 0.25) is 0 Å². The van der Waals surface area contributed by atoms with E-state index in [2.05, 4.69) is 4.98 Å². The van der Waals surface area contributed by atoms with Crippen LogP contribution in [0, 0.1) is 5.82 Å². The third kappa shape index (κ3) is 3.28. The fourth-order valence-electron chi connectivity index (χ4n) is 1.42. The highest BCUT2D eigenvalue weighted by Crippen LogP contribution is 2.27. The molecule has 0 unspecified atom stereocenters. The molecular weight excluding hydrogens is 235 g/mol. The summed E-state index contributed by atoms with van der Waals surface area (Å²) in [6.07, 6.45) is 1.72. The zero-order chi connectivity index (χ0) is 12.3. The van der Waals surface area contributed by atoms with Gasteiger partial charge in [-0.1, -0.05) is 17.8 Å². The molecule has 1 heterocycles. The molecule has 0 aliphatic carbocycles. The average molecular weight is 248 g/mol. The topological polar surface area (TPSA) is 38.9 Å². The molecule has 1 aromatic heterocycles. The van der Waals surface area contributed by atoms with Gasteiger partial charge < -0.3 is 5.73 Å². The van der Waals surface area contributed by atoms with E-state index in [1.807, 2.05) is 25.1 Å². The lowest BCUT2D eigenvalue weighted by molar-refractivity contribution is 0.624. The van der Waals surface area contributed by atoms with Crippen molar-refractivity contribution in [3.05, 3.63) is 54.0 Å². The molecule has 0 bridgehead atoms. The zero-order valence-corrected chi connectivity index (χ0v) is 10.2. The molecule has 0 aliphatic heterocycles. The van der Waals surface area contributed by atoms with Crippen LogP contribution in [0.15, 0.2) is 52.5 Å². The molecule has 0 aliphatic rings. The molecule has 17 heavy (non-hydrogen) atoms. The summed E-state index contributed by atoms with van der Waals surface area (Å²) in [5.74, 6) is -0.238. The Kier molecular flexibility index (Phi) is 3.76. The minimum atomic E-state index is -0.238. The van der Waals surface area contributed by atoms with Crippen molar-refractivity contribution in [2.45, 2.75) is 22.9 Å². The quantitative estimate of drug-likeness (QED) is 0.905. The molecule has 2 rings (SSSR count). The standard InChI is InChI=1S/C13H13FN2S/c1-9(15)10-5-6-16-13(7-10)17-12-4-2-3-11(14)8-12/h2-9H,15H2,1H3/t9-/m1/s1. The van der Waals surface area contributed by atoms with Crippen LogP contribution in [-0.4, -0.2) is 4.98 Å². The molecule has 2 N–H and O–H groups in total. The number of hydrogen-bond donors (Lipinski definition) is 1. The molecule has 0 radical (unpaired) electrons. The zero-order valence-electron chi connectivity index (χ0n) is 9.43. The van der Waals surface area contributed by atoms with E-state index < -0.39 is 0 Å². The van der Waals surface area contributed by atoms with Gasteiger partial charge in [0, 0.05) is 17.1 Å². The minimum absolute atomic E-state index is 0.0233. The second kappa shape index (κ2) is 5.29. The van der Waals surface area contributed by atoms with Crippen molar-refractivity contribution in [3.63, 3.8) is 0 Å². The lowest BCUT2D eigenvalue weighted by atomic mass is 10.1. The predicted octanol–water partition coefficient (Wildman–Crippen LogP) is 3.39. The lowest BCUT2D eigenvalue weighted by Gasteiger charge is -2.07. The maximum atomic E-state index is 13.0. The molecular formula is C13H13FN2S.